The molecule has 4 heterocycles. The van der Waals surface area contributed by atoms with Crippen LogP contribution in [0.4, 0.5) is 34.1 Å². The fourth-order valence-corrected chi connectivity index (χ4v) is 9.71. The standard InChI is InChI=1S/C68H62N4/c1-41(2)43-27-31-47(32-28-43)69(45-19-13-11-14-20-45)57-37-35-49-53-39-60-54(40-59(53)71-63-51(61(57)65(49)71)23-17-25-55(63)67(5,6)7)50-36-38-58(62-52-24-18-26-56(68(8,9)10)64(52)72(60)66(50)62)70(46-21-15-12-16-22-46)48-33-29-44(30-34-48)42(3)4/h11-42H,1-10H3/i1D3,3D3,11D,12D,13D,14D,15D,16D,17D,18D,19D,20D,21D,22D,23D,24D,25D,26D,27D,28D,29D,30D,31D,32D,33D,34D,35D,36D,37D,38D,39D,40D,41D,42D. The van der Waals surface area contributed by atoms with Crippen LogP contribution in [0.15, 0.2) is 181 Å². The maximum Gasteiger partial charge on any atom is 0.0653 e. The molecule has 4 heteroatoms. The van der Waals surface area contributed by atoms with E-state index in [0.717, 1.165) is 13.8 Å². The van der Waals surface area contributed by atoms with Crippen molar-refractivity contribution >= 4 is 110 Å². The summed E-state index contributed by atoms with van der Waals surface area (Å²) in [4.78, 5) is 1.06. The van der Waals surface area contributed by atoms with Gasteiger partial charge in [0.25, 0.3) is 0 Å². The summed E-state index contributed by atoms with van der Waals surface area (Å²) >= 11 is 0. The lowest BCUT2D eigenvalue weighted by molar-refractivity contribution is 0.594. The van der Waals surface area contributed by atoms with Gasteiger partial charge in [0.05, 0.1) is 85.6 Å². The van der Waals surface area contributed by atoms with Gasteiger partial charge in [0.15, 0.2) is 0 Å². The molecule has 2 atom stereocenters. The Bertz CT molecular complexity index is 5900. The zero-order valence-corrected chi connectivity index (χ0v) is 39.8. The lowest BCUT2D eigenvalue weighted by atomic mass is 9.85. The molecular weight excluding hydrogens is 873 g/mol. The van der Waals surface area contributed by atoms with Crippen molar-refractivity contribution in [2.24, 2.45) is 0 Å². The number of hydrogen-bond donors (Lipinski definition) is 0. The van der Waals surface area contributed by atoms with Gasteiger partial charge in [-0.1, -0.05) is 178 Å². The van der Waals surface area contributed by atoms with E-state index < -0.39 is 328 Å². The highest BCUT2D eigenvalue weighted by Gasteiger charge is 2.31. The number of nitrogens with zero attached hydrogens (tertiary/aromatic N) is 4. The molecule has 0 aliphatic rings. The molecule has 0 amide bonds. The van der Waals surface area contributed by atoms with E-state index in [2.05, 4.69) is 0 Å². The van der Waals surface area contributed by atoms with E-state index in [1.165, 1.54) is 8.80 Å². The molecule has 0 radical (unpaired) electrons. The van der Waals surface area contributed by atoms with Crippen molar-refractivity contribution in [2.75, 3.05) is 9.80 Å². The highest BCUT2D eigenvalue weighted by molar-refractivity contribution is 6.32. The van der Waals surface area contributed by atoms with Gasteiger partial charge in [-0.15, -0.1) is 0 Å². The summed E-state index contributed by atoms with van der Waals surface area (Å²) < 4.78 is 360. The Hall–Kier alpha value is -7.82. The molecule has 0 saturated heterocycles. The van der Waals surface area contributed by atoms with Crippen LogP contribution in [0.3, 0.4) is 0 Å². The Balaban J connectivity index is 1.35. The van der Waals surface area contributed by atoms with E-state index in [0.29, 0.717) is 9.80 Å². The van der Waals surface area contributed by atoms with Crippen LogP contribution in [0.1, 0.15) is 155 Å². The molecule has 0 aliphatic heterocycles. The Kier molecular flexibility index (Phi) is 4.32. The first kappa shape index (κ1) is 19.7. The quantitative estimate of drug-likeness (QED) is 0.151. The van der Waals surface area contributed by atoms with Crippen molar-refractivity contribution in [1.82, 2.24) is 8.80 Å². The lowest BCUT2D eigenvalue weighted by Crippen LogP contribution is -2.12. The Labute approximate surface area is 476 Å². The third-order valence-corrected chi connectivity index (χ3v) is 12.8. The van der Waals surface area contributed by atoms with Crippen LogP contribution in [-0.2, 0) is 10.8 Å². The number of rotatable bonds is 8. The minimum atomic E-state index is -3.36. The maximum absolute atomic E-state index is 11.0. The summed E-state index contributed by atoms with van der Waals surface area (Å²) in [6.45, 7) is 4.42. The molecule has 0 spiro atoms. The summed E-state index contributed by atoms with van der Waals surface area (Å²) in [7, 11) is 0. The van der Waals surface area contributed by atoms with Crippen molar-refractivity contribution in [3.63, 3.8) is 0 Å². The topological polar surface area (TPSA) is 15.3 Å². The molecule has 354 valence electrons. The van der Waals surface area contributed by atoms with E-state index in [1.807, 2.05) is 0 Å². The van der Waals surface area contributed by atoms with Crippen LogP contribution in [0, 0.1) is 0 Å². The maximum atomic E-state index is 11.0. The van der Waals surface area contributed by atoms with Crippen molar-refractivity contribution in [2.45, 2.75) is 91.7 Å². The molecule has 4 aromatic heterocycles. The van der Waals surface area contributed by atoms with Gasteiger partial charge in [-0.3, -0.25) is 0 Å². The second kappa shape index (κ2) is 15.8. The molecule has 4 nitrogen and oxygen atoms in total. The fraction of sp³-hybridized carbons (Fsp3) is 0.206. The zero-order valence-electron chi connectivity index (χ0n) is 77.8. The average Bonchev–Trinajstić information content (AvgIpc) is 1.48. The Morgan fingerprint density at radius 1 is 0.403 bits per heavy atom. The van der Waals surface area contributed by atoms with Gasteiger partial charge in [0.2, 0.25) is 0 Å². The van der Waals surface area contributed by atoms with Crippen LogP contribution in [-0.4, -0.2) is 8.80 Å². The van der Waals surface area contributed by atoms with Gasteiger partial charge in [0.1, 0.15) is 0 Å². The number of aromatic nitrogens is 2. The van der Waals surface area contributed by atoms with Crippen LogP contribution in [0.5, 0.6) is 0 Å². The van der Waals surface area contributed by atoms with E-state index in [-0.39, 0.29) is 22.2 Å². The molecule has 0 bridgehead atoms. The monoisotopic (exact) mass is 973 g/mol. The number of fused-ring (bicyclic) bond motifs is 12. The third-order valence-electron chi connectivity index (χ3n) is 12.8. The Morgan fingerprint density at radius 2 is 0.778 bits per heavy atom. The summed E-state index contributed by atoms with van der Waals surface area (Å²) in [6.07, 6.45) is 0. The Morgan fingerprint density at radius 3 is 1.14 bits per heavy atom. The minimum absolute atomic E-state index is 0.132. The number of anilines is 6. The van der Waals surface area contributed by atoms with E-state index in [1.54, 1.807) is 41.5 Å². The first-order chi connectivity index (χ1) is 50.3. The highest BCUT2D eigenvalue weighted by atomic mass is 15.2. The SMILES string of the molecule is [2H]c1c([2H])c([2H])c(N(c2c([2H])c([2H])c(C([2H])(C)C([2H])([2H])[2H])c([2H])c2[2H])c2c([2H])c([2H])c3c4c([2H])c5c(c([2H])c4n4c6c(C(C)(C)C)c([2H])c([2H])c([2H])c6c2c34)c2c([2H])c([2H])c(N(c3c([2H])c([2H])c([2H])c([2H])c3[2H])c3c([2H])c([2H])c(C([2H])(C)C([2H])([2H])[2H])c([2H])c3[2H])c3c4c([2H])c([2H])c([2H])c(C(C)(C)C)c4n5c23)c([2H])c1[2H]. The summed E-state index contributed by atoms with van der Waals surface area (Å²) in [5.74, 6) is -5.85. The molecule has 72 heavy (non-hydrogen) atoms. The van der Waals surface area contributed by atoms with Gasteiger partial charge >= 0.3 is 0 Å². The van der Waals surface area contributed by atoms with Crippen LogP contribution < -0.4 is 9.80 Å². The molecule has 2 unspecified atom stereocenters. The van der Waals surface area contributed by atoms with Crippen molar-refractivity contribution in [1.29, 1.82) is 0 Å². The third kappa shape index (κ3) is 6.43. The van der Waals surface area contributed by atoms with Gasteiger partial charge in [0, 0.05) is 76.8 Å². The van der Waals surface area contributed by atoms with Crippen molar-refractivity contribution < 1.29 is 52.1 Å². The number of hydrogen-bond acceptors (Lipinski definition) is 2. The summed E-state index contributed by atoms with van der Waals surface area (Å²) in [5.41, 5.74) is -13.4. The average molecular weight is 974 g/mol. The predicted octanol–water partition coefficient (Wildman–Crippen LogP) is 19.8. The van der Waals surface area contributed by atoms with Gasteiger partial charge in [-0.2, -0.15) is 0 Å². The second-order valence-electron chi connectivity index (χ2n) is 19.5. The molecule has 0 saturated carbocycles. The first-order valence-corrected chi connectivity index (χ1v) is 22.7. The fourth-order valence-electron chi connectivity index (χ4n) is 9.71. The van der Waals surface area contributed by atoms with Crippen LogP contribution >= 0.6 is 0 Å². The van der Waals surface area contributed by atoms with E-state index in [9.17, 15) is 32.9 Å². The highest BCUT2D eigenvalue weighted by Crippen LogP contribution is 2.53. The smallest absolute Gasteiger partial charge is 0.0653 e. The zero-order chi connectivity index (χ0) is 82.5. The minimum Gasteiger partial charge on any atom is -0.310 e. The lowest BCUT2D eigenvalue weighted by Gasteiger charge is -2.27. The van der Waals surface area contributed by atoms with Crippen LogP contribution in [0.2, 0.25) is 0 Å². The molecular formula is C68H62N4. The van der Waals surface area contributed by atoms with E-state index in [4.69, 9.17) is 19.2 Å². The summed E-state index contributed by atoms with van der Waals surface area (Å²) in [6, 6.07) is -31.1. The molecule has 0 aliphatic carbocycles. The molecule has 0 N–H and O–H groups in total. The van der Waals surface area contributed by atoms with E-state index >= 15 is 0 Å². The van der Waals surface area contributed by atoms with Crippen LogP contribution in [0.25, 0.3) is 76.2 Å². The van der Waals surface area contributed by atoms with Crippen molar-refractivity contribution in [3.8, 4) is 0 Å². The molecule has 9 aromatic carbocycles. The summed E-state index contributed by atoms with van der Waals surface area (Å²) in [5, 5.41) is -4.03. The van der Waals surface area contributed by atoms with Crippen molar-refractivity contribution in [3.05, 3.63) is 204 Å². The largest absolute Gasteiger partial charge is 0.310 e. The molecule has 0 fully saturated rings. The predicted molar refractivity (Wildman–Crippen MR) is 311 cm³/mol. The normalized spacial score (nSPS) is 22.3. The molecule has 13 rings (SSSR count). The molecule has 13 aromatic rings. The van der Waals surface area contributed by atoms with Gasteiger partial charge in [-0.25, -0.2) is 0 Å². The van der Waals surface area contributed by atoms with Gasteiger partial charge in [-0.05, 0) is 117 Å². The second-order valence-corrected chi connectivity index (χ2v) is 19.5. The van der Waals surface area contributed by atoms with Gasteiger partial charge < -0.3 is 18.6 Å². The first-order valence-electron chi connectivity index (χ1n) is 41.7. The number of para-hydroxylation sites is 4. The number of benzene rings is 9.